The highest BCUT2D eigenvalue weighted by molar-refractivity contribution is 5.85. The zero-order valence-corrected chi connectivity index (χ0v) is 42.8. The Morgan fingerprint density at radius 1 is 0.338 bits per heavy atom. The Labute approximate surface area is 415 Å². The van der Waals surface area contributed by atoms with Crippen LogP contribution in [0.1, 0.15) is 231 Å². The van der Waals surface area contributed by atoms with E-state index < -0.39 is 24.1 Å². The summed E-state index contributed by atoms with van der Waals surface area (Å²) >= 11 is 0. The van der Waals surface area contributed by atoms with Gasteiger partial charge in [-0.15, -0.1) is 12.4 Å². The van der Waals surface area contributed by atoms with Crippen LogP contribution in [0.15, 0.2) is 0 Å². The van der Waals surface area contributed by atoms with Gasteiger partial charge in [0, 0.05) is 38.5 Å². The molecule has 4 saturated carbocycles. The number of hydrogen-bond acceptors (Lipinski definition) is 13. The lowest BCUT2D eigenvalue weighted by Crippen LogP contribution is -2.31. The third kappa shape index (κ3) is 29.3. The number of halogens is 1. The Hall–Kier alpha value is -2.93. The summed E-state index contributed by atoms with van der Waals surface area (Å²) < 4.78 is 33.4. The molecular weight excluding hydrogens is 890 g/mol. The predicted octanol–water partition coefficient (Wildman–Crippen LogP) is 11.6. The van der Waals surface area contributed by atoms with Gasteiger partial charge in [-0.3, -0.25) is 28.8 Å². The van der Waals surface area contributed by atoms with Crippen molar-refractivity contribution in [1.82, 2.24) is 5.32 Å². The second kappa shape index (κ2) is 37.8. The third-order valence-corrected chi connectivity index (χ3v) is 14.7. The van der Waals surface area contributed by atoms with Gasteiger partial charge in [0.25, 0.3) is 0 Å². The van der Waals surface area contributed by atoms with Gasteiger partial charge in [0.15, 0.2) is 12.2 Å². The van der Waals surface area contributed by atoms with Crippen molar-refractivity contribution in [2.45, 2.75) is 243 Å². The summed E-state index contributed by atoms with van der Waals surface area (Å²) in [6.45, 7) is 0.344. The maximum absolute atomic E-state index is 12.9. The fraction of sp³-hybridized carbons (Fsp3) is 0.889. The van der Waals surface area contributed by atoms with Gasteiger partial charge < -0.3 is 33.7 Å². The van der Waals surface area contributed by atoms with Gasteiger partial charge in [-0.05, 0) is 101 Å². The van der Waals surface area contributed by atoms with Crippen molar-refractivity contribution >= 4 is 48.2 Å². The van der Waals surface area contributed by atoms with E-state index in [1.807, 2.05) is 0 Å². The molecule has 14 heteroatoms. The minimum atomic E-state index is -0.885. The minimum Gasteiger partial charge on any atom is -0.462 e. The summed E-state index contributed by atoms with van der Waals surface area (Å²) in [4.78, 5) is 76.2. The van der Waals surface area contributed by atoms with Crippen LogP contribution in [0.3, 0.4) is 0 Å². The lowest BCUT2D eigenvalue weighted by atomic mass is 9.86. The molecule has 0 aromatic rings. The Morgan fingerprint density at radius 3 is 0.824 bits per heavy atom. The van der Waals surface area contributed by atoms with Gasteiger partial charge in [-0.1, -0.05) is 128 Å². The van der Waals surface area contributed by atoms with Gasteiger partial charge >= 0.3 is 35.8 Å². The minimum absolute atomic E-state index is 0. The number of esters is 6. The molecule has 0 amide bonds. The van der Waals surface area contributed by atoms with Crippen molar-refractivity contribution in [3.05, 3.63) is 0 Å². The third-order valence-electron chi connectivity index (χ3n) is 14.7. The highest BCUT2D eigenvalue weighted by atomic mass is 35.5. The topological polar surface area (TPSA) is 170 Å². The molecule has 4 fully saturated rings. The van der Waals surface area contributed by atoms with Gasteiger partial charge in [-0.25, -0.2) is 0 Å². The molecule has 0 saturated heterocycles. The quantitative estimate of drug-likeness (QED) is 0.0367. The maximum atomic E-state index is 12.9. The highest BCUT2D eigenvalue weighted by Gasteiger charge is 2.23. The maximum Gasteiger partial charge on any atom is 0.306 e. The van der Waals surface area contributed by atoms with E-state index in [4.69, 9.17) is 28.4 Å². The molecule has 0 aliphatic heterocycles. The van der Waals surface area contributed by atoms with Gasteiger partial charge in [0.1, 0.15) is 26.4 Å². The van der Waals surface area contributed by atoms with Crippen LogP contribution in [0.4, 0.5) is 0 Å². The predicted molar refractivity (Wildman–Crippen MR) is 264 cm³/mol. The van der Waals surface area contributed by atoms with Crippen LogP contribution < -0.4 is 5.32 Å². The van der Waals surface area contributed by atoms with E-state index in [0.29, 0.717) is 75.3 Å². The molecule has 13 nitrogen and oxygen atoms in total. The SMILES string of the molecule is Cl.O=C(CCCC1CCCCC1)OCC(COC(=O)CCCC1CCCCC1)OC(=O)CCCNCCCC(=O)OC(COC(=O)CCCC1CCCCC1)COC(=O)CCCC1CCCCC1. The summed E-state index contributed by atoms with van der Waals surface area (Å²) in [6.07, 6.45) is 32.9. The molecule has 0 bridgehead atoms. The van der Waals surface area contributed by atoms with E-state index >= 15 is 0 Å². The van der Waals surface area contributed by atoms with Crippen LogP contribution in [0.25, 0.3) is 0 Å². The molecule has 0 unspecified atom stereocenters. The van der Waals surface area contributed by atoms with E-state index in [0.717, 1.165) is 51.4 Å². The molecule has 4 aliphatic rings. The first-order valence-electron chi connectivity index (χ1n) is 27.4. The van der Waals surface area contributed by atoms with Gasteiger partial charge in [-0.2, -0.15) is 0 Å². The first-order chi connectivity index (χ1) is 32.7. The fourth-order valence-electron chi connectivity index (χ4n) is 10.6. The zero-order valence-electron chi connectivity index (χ0n) is 42.0. The van der Waals surface area contributed by atoms with E-state index in [1.165, 1.54) is 128 Å². The lowest BCUT2D eigenvalue weighted by molar-refractivity contribution is -0.167. The number of ether oxygens (including phenoxy) is 6. The van der Waals surface area contributed by atoms with Crippen molar-refractivity contribution in [1.29, 1.82) is 0 Å². The molecule has 1 N–H and O–H groups in total. The summed E-state index contributed by atoms with van der Waals surface area (Å²) in [5.41, 5.74) is 0. The van der Waals surface area contributed by atoms with Crippen LogP contribution in [0.5, 0.6) is 0 Å². The molecule has 4 rings (SSSR count). The zero-order chi connectivity index (χ0) is 47.6. The summed E-state index contributed by atoms with van der Waals surface area (Å²) in [5, 5.41) is 3.24. The summed E-state index contributed by atoms with van der Waals surface area (Å²) in [6, 6.07) is 0. The second-order valence-electron chi connectivity index (χ2n) is 20.5. The van der Waals surface area contributed by atoms with E-state index in [-0.39, 0.29) is 75.6 Å². The van der Waals surface area contributed by atoms with Crippen LogP contribution in [-0.4, -0.2) is 87.5 Å². The number of hydrogen-bond donors (Lipinski definition) is 1. The Kier molecular flexibility index (Phi) is 33.0. The monoisotopic (exact) mass is 982 g/mol. The molecule has 0 heterocycles. The molecule has 0 aromatic carbocycles. The fourth-order valence-corrected chi connectivity index (χ4v) is 10.6. The van der Waals surface area contributed by atoms with Crippen LogP contribution in [0, 0.1) is 23.7 Å². The molecular formula is C54H92ClNO12. The first kappa shape index (κ1) is 59.4. The molecule has 0 spiro atoms. The van der Waals surface area contributed by atoms with Crippen molar-refractivity contribution in [2.75, 3.05) is 39.5 Å². The Balaban J connectivity index is 0.0000122. The van der Waals surface area contributed by atoms with E-state index in [2.05, 4.69) is 5.32 Å². The second-order valence-corrected chi connectivity index (χ2v) is 20.5. The van der Waals surface area contributed by atoms with Crippen molar-refractivity contribution in [3.8, 4) is 0 Å². The molecule has 4 aliphatic carbocycles. The summed E-state index contributed by atoms with van der Waals surface area (Å²) in [5.74, 6) is 0.428. The summed E-state index contributed by atoms with van der Waals surface area (Å²) in [7, 11) is 0. The molecule has 392 valence electrons. The highest BCUT2D eigenvalue weighted by Crippen LogP contribution is 2.30. The first-order valence-corrected chi connectivity index (χ1v) is 27.4. The molecule has 0 aromatic heterocycles. The largest absolute Gasteiger partial charge is 0.462 e. The van der Waals surface area contributed by atoms with E-state index in [1.54, 1.807) is 0 Å². The van der Waals surface area contributed by atoms with Crippen LogP contribution in [-0.2, 0) is 57.2 Å². The van der Waals surface area contributed by atoms with E-state index in [9.17, 15) is 28.8 Å². The number of carbonyl (C=O) groups excluding carboxylic acids is 6. The van der Waals surface area contributed by atoms with Gasteiger partial charge in [0.05, 0.1) is 0 Å². The van der Waals surface area contributed by atoms with Gasteiger partial charge in [0.2, 0.25) is 0 Å². The normalized spacial score (nSPS) is 17.6. The van der Waals surface area contributed by atoms with Crippen molar-refractivity contribution < 1.29 is 57.2 Å². The van der Waals surface area contributed by atoms with Crippen molar-refractivity contribution in [3.63, 3.8) is 0 Å². The van der Waals surface area contributed by atoms with Crippen molar-refractivity contribution in [2.24, 2.45) is 23.7 Å². The molecule has 68 heavy (non-hydrogen) atoms. The molecule has 0 atom stereocenters. The number of nitrogens with one attached hydrogen (secondary N) is 1. The lowest BCUT2D eigenvalue weighted by Gasteiger charge is -2.21. The van der Waals surface area contributed by atoms with Crippen LogP contribution >= 0.6 is 12.4 Å². The Morgan fingerprint density at radius 2 is 0.574 bits per heavy atom. The molecule has 0 radical (unpaired) electrons. The number of rotatable bonds is 34. The average molecular weight is 983 g/mol. The standard InChI is InChI=1S/C54H91NO12.ClH/c56-49(31-13-27-43-19-5-1-6-20-43)62-39-47(40-63-50(57)32-14-28-44-21-7-2-8-22-44)66-53(60)35-17-37-55-38-18-36-54(61)67-48(41-64-51(58)33-15-29-45-23-9-3-10-24-45)42-65-52(59)34-16-30-46-25-11-4-12-26-46;/h43-48,55H,1-42H2;1H. The number of carbonyl (C=O) groups is 6. The smallest absolute Gasteiger partial charge is 0.306 e. The van der Waals surface area contributed by atoms with Crippen LogP contribution in [0.2, 0.25) is 0 Å². The average Bonchev–Trinajstić information content (AvgIpc) is 3.34. The Bertz CT molecular complexity index is 1210.